The molecule has 11 heteroatoms. The molecule has 0 aliphatic carbocycles. The van der Waals surface area contributed by atoms with Crippen molar-refractivity contribution >= 4 is 19.8 Å². The van der Waals surface area contributed by atoms with Crippen molar-refractivity contribution in [1.82, 2.24) is 0 Å². The molecule has 0 radical (unpaired) electrons. The molecule has 3 atom stereocenters. The summed E-state index contributed by atoms with van der Waals surface area (Å²) in [5.74, 6) is -0.913. The third-order valence-corrected chi connectivity index (χ3v) is 11.0. The number of aliphatic hydroxyl groups excluding tert-OH is 2. The highest BCUT2D eigenvalue weighted by molar-refractivity contribution is 7.47. The monoisotopic (exact) mass is 793 g/mol. The minimum absolute atomic E-state index is 0.192. The molecule has 0 heterocycles. The van der Waals surface area contributed by atoms with Gasteiger partial charge < -0.3 is 24.6 Å². The first kappa shape index (κ1) is 53.0. The fraction of sp³-hybridized carbons (Fsp3) is 0.953. The van der Waals surface area contributed by atoms with Crippen molar-refractivity contribution in [2.24, 2.45) is 0 Å². The second kappa shape index (κ2) is 40.2. The van der Waals surface area contributed by atoms with Crippen molar-refractivity contribution in [1.29, 1.82) is 0 Å². The fourth-order valence-electron chi connectivity index (χ4n) is 6.52. The van der Waals surface area contributed by atoms with Gasteiger partial charge in [0.2, 0.25) is 0 Å². The Morgan fingerprint density at radius 2 is 0.796 bits per heavy atom. The lowest BCUT2D eigenvalue weighted by Gasteiger charge is -2.20. The number of hydrogen-bond acceptors (Lipinski definition) is 9. The van der Waals surface area contributed by atoms with E-state index < -0.39 is 51.8 Å². The maximum atomic E-state index is 12.6. The molecule has 322 valence electrons. The van der Waals surface area contributed by atoms with Gasteiger partial charge in [0.15, 0.2) is 6.10 Å². The number of carbonyl (C=O) groups excluding carboxylic acids is 2. The van der Waals surface area contributed by atoms with Gasteiger partial charge in [0.05, 0.1) is 19.8 Å². The van der Waals surface area contributed by atoms with Gasteiger partial charge in [-0.05, 0) is 12.8 Å². The van der Waals surface area contributed by atoms with Gasteiger partial charge in [0, 0.05) is 12.8 Å². The quantitative estimate of drug-likeness (QED) is 0.0309. The summed E-state index contributed by atoms with van der Waals surface area (Å²) >= 11 is 0. The Hall–Kier alpha value is -1.03. The number of unbranched alkanes of at least 4 members (excludes halogenated alkanes) is 29. The van der Waals surface area contributed by atoms with E-state index in [2.05, 4.69) is 18.4 Å². The summed E-state index contributed by atoms with van der Waals surface area (Å²) in [6.45, 7) is 2.39. The molecule has 54 heavy (non-hydrogen) atoms. The van der Waals surface area contributed by atoms with Crippen LogP contribution in [0.25, 0.3) is 0 Å². The van der Waals surface area contributed by atoms with E-state index in [4.69, 9.17) is 19.1 Å². The number of esters is 2. The molecule has 0 amide bonds. The van der Waals surface area contributed by atoms with Crippen molar-refractivity contribution in [3.8, 4) is 0 Å². The normalized spacial score (nSPS) is 13.8. The lowest BCUT2D eigenvalue weighted by Crippen LogP contribution is -2.29. The zero-order chi connectivity index (χ0) is 39.8. The van der Waals surface area contributed by atoms with E-state index in [9.17, 15) is 24.2 Å². The van der Waals surface area contributed by atoms with Crippen LogP contribution in [0.5, 0.6) is 0 Å². The summed E-state index contributed by atoms with van der Waals surface area (Å²) in [6.07, 6.45) is 36.6. The van der Waals surface area contributed by atoms with Gasteiger partial charge in [-0.25, -0.2) is 4.57 Å². The molecule has 3 N–H and O–H groups in total. The summed E-state index contributed by atoms with van der Waals surface area (Å²) in [5.41, 5.74) is 0. The van der Waals surface area contributed by atoms with E-state index in [1.54, 1.807) is 0 Å². The van der Waals surface area contributed by atoms with Crippen molar-refractivity contribution < 1.29 is 47.8 Å². The maximum absolute atomic E-state index is 12.6. The van der Waals surface area contributed by atoms with Crippen LogP contribution in [0.15, 0.2) is 0 Å². The Morgan fingerprint density at radius 1 is 0.481 bits per heavy atom. The maximum Gasteiger partial charge on any atom is 0.472 e. The van der Waals surface area contributed by atoms with Crippen LogP contribution in [0.3, 0.4) is 0 Å². The molecule has 0 fully saturated rings. The Morgan fingerprint density at radius 3 is 1.15 bits per heavy atom. The first-order chi connectivity index (χ1) is 26.2. The smallest absolute Gasteiger partial charge is 0.462 e. The molecule has 10 nitrogen and oxygen atoms in total. The van der Waals surface area contributed by atoms with Crippen LogP contribution in [0.2, 0.25) is 0 Å². The molecule has 0 rings (SSSR count). The number of hydrogen-bond donors (Lipinski definition) is 3. The molecular weight excluding hydrogens is 707 g/mol. The van der Waals surface area contributed by atoms with Gasteiger partial charge in [-0.2, -0.15) is 0 Å². The summed E-state index contributed by atoms with van der Waals surface area (Å²) < 4.78 is 32.7. The number of aliphatic hydroxyl groups is 2. The van der Waals surface area contributed by atoms with E-state index in [-0.39, 0.29) is 19.4 Å². The average molecular weight is 793 g/mol. The first-order valence-electron chi connectivity index (χ1n) is 22.5. The van der Waals surface area contributed by atoms with Gasteiger partial charge >= 0.3 is 19.8 Å². The van der Waals surface area contributed by atoms with Crippen LogP contribution < -0.4 is 0 Å². The Labute approximate surface area is 331 Å². The van der Waals surface area contributed by atoms with Crippen molar-refractivity contribution in [2.75, 3.05) is 26.4 Å². The first-order valence-corrected chi connectivity index (χ1v) is 24.0. The molecule has 0 aliphatic heterocycles. The molecule has 3 unspecified atom stereocenters. The van der Waals surface area contributed by atoms with E-state index in [1.807, 2.05) is 0 Å². The molecule has 0 aromatic carbocycles. The van der Waals surface area contributed by atoms with E-state index in [0.29, 0.717) is 12.8 Å². The van der Waals surface area contributed by atoms with Crippen molar-refractivity contribution in [3.05, 3.63) is 0 Å². The minimum Gasteiger partial charge on any atom is -0.462 e. The molecule has 0 spiro atoms. The van der Waals surface area contributed by atoms with Crippen LogP contribution in [0, 0.1) is 0 Å². The number of phosphoric acid groups is 1. The predicted octanol–water partition coefficient (Wildman–Crippen LogP) is 11.8. The second-order valence-electron chi connectivity index (χ2n) is 15.4. The van der Waals surface area contributed by atoms with Gasteiger partial charge in [0.1, 0.15) is 12.7 Å². The van der Waals surface area contributed by atoms with Crippen LogP contribution >= 0.6 is 7.82 Å². The molecule has 0 saturated heterocycles. The highest BCUT2D eigenvalue weighted by atomic mass is 31.2. The Kier molecular flexibility index (Phi) is 39.4. The van der Waals surface area contributed by atoms with Crippen LogP contribution in [0.4, 0.5) is 0 Å². The fourth-order valence-corrected chi connectivity index (χ4v) is 7.31. The molecule has 0 bridgehead atoms. The molecule has 0 aliphatic rings. The standard InChI is InChI=1S/C43H85O10P/c1-3-5-7-9-11-13-14-15-16-17-18-19-20-21-22-23-24-25-27-29-31-33-35-43(47)53-41(39-52-54(48,49)51-37-40(45)36-44)38-50-42(46)34-32-30-28-26-12-10-8-6-4-2/h40-41,44-45H,3-39H2,1-2H3,(H,48,49). The largest absolute Gasteiger partial charge is 0.472 e. The van der Waals surface area contributed by atoms with Gasteiger partial charge in [0.25, 0.3) is 0 Å². The lowest BCUT2D eigenvalue weighted by molar-refractivity contribution is -0.161. The van der Waals surface area contributed by atoms with Crippen LogP contribution in [0.1, 0.15) is 226 Å². The third-order valence-electron chi connectivity index (χ3n) is 10.0. The molecule has 0 aromatic rings. The van der Waals surface area contributed by atoms with E-state index in [1.165, 1.54) is 148 Å². The van der Waals surface area contributed by atoms with E-state index >= 15 is 0 Å². The summed E-state index contributed by atoms with van der Waals surface area (Å²) in [7, 11) is -4.61. The van der Waals surface area contributed by atoms with Crippen LogP contribution in [-0.2, 0) is 32.7 Å². The van der Waals surface area contributed by atoms with Crippen molar-refractivity contribution in [3.63, 3.8) is 0 Å². The van der Waals surface area contributed by atoms with Gasteiger partial charge in [-0.1, -0.05) is 200 Å². The highest BCUT2D eigenvalue weighted by Crippen LogP contribution is 2.43. The number of phosphoric ester groups is 1. The lowest BCUT2D eigenvalue weighted by atomic mass is 10.0. The topological polar surface area (TPSA) is 149 Å². The number of ether oxygens (including phenoxy) is 2. The molecular formula is C43H85O10P. The van der Waals surface area contributed by atoms with Crippen LogP contribution in [-0.4, -0.2) is 65.7 Å². The average Bonchev–Trinajstić information content (AvgIpc) is 3.16. The zero-order valence-corrected chi connectivity index (χ0v) is 35.9. The highest BCUT2D eigenvalue weighted by Gasteiger charge is 2.27. The number of carbonyl (C=O) groups is 2. The van der Waals surface area contributed by atoms with Gasteiger partial charge in [-0.15, -0.1) is 0 Å². The predicted molar refractivity (Wildman–Crippen MR) is 219 cm³/mol. The Balaban J connectivity index is 4.10. The third kappa shape index (κ3) is 39.2. The van der Waals surface area contributed by atoms with E-state index in [0.717, 1.165) is 38.5 Å². The number of rotatable bonds is 43. The second-order valence-corrected chi connectivity index (χ2v) is 16.9. The summed E-state index contributed by atoms with van der Waals surface area (Å²) in [5, 5.41) is 18.3. The molecule has 0 saturated carbocycles. The zero-order valence-electron chi connectivity index (χ0n) is 35.0. The van der Waals surface area contributed by atoms with Gasteiger partial charge in [-0.3, -0.25) is 18.6 Å². The summed E-state index contributed by atoms with van der Waals surface area (Å²) in [4.78, 5) is 34.9. The summed E-state index contributed by atoms with van der Waals surface area (Å²) in [6, 6.07) is 0. The Bertz CT molecular complexity index is 873. The minimum atomic E-state index is -4.61. The van der Waals surface area contributed by atoms with Crippen molar-refractivity contribution in [2.45, 2.75) is 238 Å². The SMILES string of the molecule is CCCCCCCCCCCCCCCCCCCCCCCCC(=O)OC(COC(=O)CCCCCCCCCCC)COP(=O)(O)OCC(O)CO. The molecule has 0 aromatic heterocycles.